The Kier molecular flexibility index (Phi) is 3.57. The first-order chi connectivity index (χ1) is 9.22. The van der Waals surface area contributed by atoms with Gasteiger partial charge >= 0.3 is 0 Å². The van der Waals surface area contributed by atoms with Crippen LogP contribution in [-0.2, 0) is 11.2 Å². The lowest BCUT2D eigenvalue weighted by Gasteiger charge is -2.09. The number of anilines is 1. The van der Waals surface area contributed by atoms with Crippen molar-refractivity contribution in [3.8, 4) is 0 Å². The Bertz CT molecular complexity index is 607. The number of carbonyl (C=O) groups excluding carboxylic acids is 1. The summed E-state index contributed by atoms with van der Waals surface area (Å²) in [5.41, 5.74) is 1.25. The highest BCUT2D eigenvalue weighted by molar-refractivity contribution is 9.10. The van der Waals surface area contributed by atoms with Crippen molar-refractivity contribution in [2.75, 3.05) is 5.32 Å². The molecule has 2 heterocycles. The zero-order valence-corrected chi connectivity index (χ0v) is 12.4. The van der Waals surface area contributed by atoms with E-state index in [1.54, 1.807) is 17.8 Å². The van der Waals surface area contributed by atoms with Crippen LogP contribution in [0.2, 0.25) is 0 Å². The third-order valence-corrected chi connectivity index (χ3v) is 4.67. The summed E-state index contributed by atoms with van der Waals surface area (Å²) in [5.74, 6) is 0.586. The normalized spacial score (nSPS) is 17.0. The number of fused-ring (bicyclic) bond motifs is 1. The van der Waals surface area contributed by atoms with Crippen LogP contribution in [0, 0.1) is 0 Å². The van der Waals surface area contributed by atoms with Crippen LogP contribution in [0.4, 0.5) is 5.82 Å². The molecule has 1 aliphatic rings. The van der Waals surface area contributed by atoms with Gasteiger partial charge in [-0.2, -0.15) is 0 Å². The predicted molar refractivity (Wildman–Crippen MR) is 80.4 cm³/mol. The molecule has 3 rings (SSSR count). The molecule has 2 aromatic rings. The molecular weight excluding hydrogens is 324 g/mol. The number of halogens is 1. The maximum Gasteiger partial charge on any atom is 0.239 e. The number of pyridine rings is 1. The molecule has 1 aromatic heterocycles. The van der Waals surface area contributed by atoms with Gasteiger partial charge in [0.05, 0.1) is 5.25 Å². The number of carbonyl (C=O) groups is 1. The van der Waals surface area contributed by atoms with Gasteiger partial charge in [-0.05, 0) is 46.1 Å². The Labute approximate surface area is 123 Å². The SMILES string of the molecule is O=C(Nc1cccc(Br)n1)C1Cc2ccccc2S1. The quantitative estimate of drug-likeness (QED) is 0.854. The molecule has 0 saturated carbocycles. The fourth-order valence-electron chi connectivity index (χ4n) is 2.01. The molecule has 0 bridgehead atoms. The minimum Gasteiger partial charge on any atom is -0.310 e. The molecule has 1 atom stereocenters. The van der Waals surface area contributed by atoms with Crippen LogP contribution in [0.1, 0.15) is 5.56 Å². The number of hydrogen-bond acceptors (Lipinski definition) is 3. The molecule has 1 aliphatic heterocycles. The van der Waals surface area contributed by atoms with Crippen molar-refractivity contribution < 1.29 is 4.79 Å². The first-order valence-electron chi connectivity index (χ1n) is 5.90. The summed E-state index contributed by atoms with van der Waals surface area (Å²) in [6, 6.07) is 13.6. The van der Waals surface area contributed by atoms with E-state index in [0.717, 1.165) is 6.42 Å². The van der Waals surface area contributed by atoms with Crippen molar-refractivity contribution >= 4 is 39.4 Å². The number of amides is 1. The van der Waals surface area contributed by atoms with Crippen LogP contribution < -0.4 is 5.32 Å². The van der Waals surface area contributed by atoms with E-state index in [4.69, 9.17) is 0 Å². The lowest BCUT2D eigenvalue weighted by molar-refractivity contribution is -0.115. The van der Waals surface area contributed by atoms with Gasteiger partial charge in [-0.1, -0.05) is 24.3 Å². The summed E-state index contributed by atoms with van der Waals surface area (Å²) in [4.78, 5) is 17.6. The van der Waals surface area contributed by atoms with Gasteiger partial charge in [0.2, 0.25) is 5.91 Å². The summed E-state index contributed by atoms with van der Waals surface area (Å²) in [5, 5.41) is 2.79. The average molecular weight is 335 g/mol. The Morgan fingerprint density at radius 3 is 2.89 bits per heavy atom. The maximum absolute atomic E-state index is 12.2. The zero-order chi connectivity index (χ0) is 13.2. The number of benzene rings is 1. The van der Waals surface area contributed by atoms with Crippen LogP contribution in [-0.4, -0.2) is 16.1 Å². The Balaban J connectivity index is 1.70. The van der Waals surface area contributed by atoms with Gasteiger partial charge < -0.3 is 5.32 Å². The topological polar surface area (TPSA) is 42.0 Å². The molecule has 3 nitrogen and oxygen atoms in total. The largest absolute Gasteiger partial charge is 0.310 e. The Morgan fingerprint density at radius 2 is 2.11 bits per heavy atom. The maximum atomic E-state index is 12.2. The van der Waals surface area contributed by atoms with Gasteiger partial charge in [0.1, 0.15) is 10.4 Å². The van der Waals surface area contributed by atoms with Crippen LogP contribution in [0.25, 0.3) is 0 Å². The summed E-state index contributed by atoms with van der Waals surface area (Å²) in [6.07, 6.45) is 0.778. The first-order valence-corrected chi connectivity index (χ1v) is 7.57. The summed E-state index contributed by atoms with van der Waals surface area (Å²) < 4.78 is 0.715. The lowest BCUT2D eigenvalue weighted by atomic mass is 10.1. The van der Waals surface area contributed by atoms with Crippen molar-refractivity contribution in [3.05, 3.63) is 52.6 Å². The second-order valence-electron chi connectivity index (χ2n) is 4.25. The molecule has 1 N–H and O–H groups in total. The first kappa shape index (κ1) is 12.7. The van der Waals surface area contributed by atoms with Crippen LogP contribution in [0.15, 0.2) is 52.0 Å². The fraction of sp³-hybridized carbons (Fsp3) is 0.143. The van der Waals surface area contributed by atoms with Crippen LogP contribution in [0.3, 0.4) is 0 Å². The minimum absolute atomic E-state index is 0.00630. The van der Waals surface area contributed by atoms with Gasteiger partial charge in [-0.3, -0.25) is 4.79 Å². The second-order valence-corrected chi connectivity index (χ2v) is 6.31. The number of hydrogen-bond donors (Lipinski definition) is 1. The molecule has 5 heteroatoms. The predicted octanol–water partition coefficient (Wildman–Crippen LogP) is 3.50. The molecular formula is C14H11BrN2OS. The second kappa shape index (κ2) is 5.35. The van der Waals surface area contributed by atoms with Gasteiger partial charge in [0.15, 0.2) is 0 Å². The molecule has 0 saturated heterocycles. The van der Waals surface area contributed by atoms with E-state index in [1.807, 2.05) is 24.3 Å². The Morgan fingerprint density at radius 1 is 1.26 bits per heavy atom. The third-order valence-electron chi connectivity index (χ3n) is 2.91. The van der Waals surface area contributed by atoms with Crippen molar-refractivity contribution in [3.63, 3.8) is 0 Å². The van der Waals surface area contributed by atoms with Crippen molar-refractivity contribution in [2.24, 2.45) is 0 Å². The smallest absolute Gasteiger partial charge is 0.239 e. The number of nitrogens with one attached hydrogen (secondary N) is 1. The molecule has 1 amide bonds. The molecule has 1 unspecified atom stereocenters. The minimum atomic E-state index is -0.0711. The van der Waals surface area contributed by atoms with E-state index in [-0.39, 0.29) is 11.2 Å². The van der Waals surface area contributed by atoms with E-state index in [9.17, 15) is 4.79 Å². The molecule has 96 valence electrons. The van der Waals surface area contributed by atoms with E-state index in [0.29, 0.717) is 10.4 Å². The summed E-state index contributed by atoms with van der Waals surface area (Å²) >= 11 is 4.91. The van der Waals surface area contributed by atoms with Crippen LogP contribution >= 0.6 is 27.7 Å². The average Bonchev–Trinajstić information content (AvgIpc) is 2.82. The zero-order valence-electron chi connectivity index (χ0n) is 9.97. The van der Waals surface area contributed by atoms with Gasteiger partial charge in [0.25, 0.3) is 0 Å². The molecule has 0 aliphatic carbocycles. The van der Waals surface area contributed by atoms with Gasteiger partial charge in [-0.25, -0.2) is 4.98 Å². The summed E-state index contributed by atoms with van der Waals surface area (Å²) in [6.45, 7) is 0. The number of nitrogens with zero attached hydrogens (tertiary/aromatic N) is 1. The monoisotopic (exact) mass is 334 g/mol. The number of thioether (sulfide) groups is 1. The molecule has 1 aromatic carbocycles. The number of rotatable bonds is 2. The molecule has 0 radical (unpaired) electrons. The fourth-order valence-corrected chi connectivity index (χ4v) is 3.55. The molecule has 19 heavy (non-hydrogen) atoms. The van der Waals surface area contributed by atoms with E-state index < -0.39 is 0 Å². The highest BCUT2D eigenvalue weighted by Gasteiger charge is 2.28. The van der Waals surface area contributed by atoms with Crippen LogP contribution in [0.5, 0.6) is 0 Å². The molecule has 0 fully saturated rings. The lowest BCUT2D eigenvalue weighted by Crippen LogP contribution is -2.25. The third kappa shape index (κ3) is 2.82. The Hall–Kier alpha value is -1.33. The van der Waals surface area contributed by atoms with Crippen molar-refractivity contribution in [1.82, 2.24) is 4.98 Å². The van der Waals surface area contributed by atoms with E-state index >= 15 is 0 Å². The highest BCUT2D eigenvalue weighted by Crippen LogP contribution is 2.37. The molecule has 0 spiro atoms. The van der Waals surface area contributed by atoms with E-state index in [2.05, 4.69) is 38.4 Å². The van der Waals surface area contributed by atoms with Gasteiger partial charge in [0, 0.05) is 4.90 Å². The number of aromatic nitrogens is 1. The van der Waals surface area contributed by atoms with E-state index in [1.165, 1.54) is 10.5 Å². The van der Waals surface area contributed by atoms with Crippen molar-refractivity contribution in [2.45, 2.75) is 16.6 Å². The standard InChI is InChI=1S/C14H11BrN2OS/c15-12-6-3-7-13(16-12)17-14(18)11-8-9-4-1-2-5-10(9)19-11/h1-7,11H,8H2,(H,16,17,18). The summed E-state index contributed by atoms with van der Waals surface area (Å²) in [7, 11) is 0. The van der Waals surface area contributed by atoms with Crippen molar-refractivity contribution in [1.29, 1.82) is 0 Å². The van der Waals surface area contributed by atoms with Gasteiger partial charge in [-0.15, -0.1) is 11.8 Å². The highest BCUT2D eigenvalue weighted by atomic mass is 79.9.